The number of esters is 1. The second-order valence-electron chi connectivity index (χ2n) is 18.3. The van der Waals surface area contributed by atoms with Gasteiger partial charge in [-0.25, -0.2) is 0 Å². The molecule has 0 aromatic heterocycles. The molecule has 0 saturated carbocycles. The molecule has 2 heteroatoms. The molecule has 0 heterocycles. The second-order valence-corrected chi connectivity index (χ2v) is 18.3. The molecular formula is C53H104O2. The van der Waals surface area contributed by atoms with Gasteiger partial charge in [0.1, 0.15) is 0 Å². The van der Waals surface area contributed by atoms with Crippen molar-refractivity contribution in [2.24, 2.45) is 5.92 Å². The number of carbonyl (C=O) groups is 1. The van der Waals surface area contributed by atoms with Crippen LogP contribution in [0.2, 0.25) is 0 Å². The summed E-state index contributed by atoms with van der Waals surface area (Å²) in [7, 11) is 0. The molecule has 0 unspecified atom stereocenters. The van der Waals surface area contributed by atoms with Crippen LogP contribution in [0.25, 0.3) is 0 Å². The number of allylic oxidation sites excluding steroid dienone is 2. The summed E-state index contributed by atoms with van der Waals surface area (Å²) in [5.41, 5.74) is 0. The summed E-state index contributed by atoms with van der Waals surface area (Å²) in [6, 6.07) is 0. The van der Waals surface area contributed by atoms with E-state index in [2.05, 4.69) is 32.9 Å². The molecule has 0 bridgehead atoms. The third-order valence-corrected chi connectivity index (χ3v) is 12.1. The Labute approximate surface area is 348 Å². The van der Waals surface area contributed by atoms with Crippen molar-refractivity contribution in [3.05, 3.63) is 12.2 Å². The molecule has 0 saturated heterocycles. The Morgan fingerprint density at radius 1 is 0.364 bits per heavy atom. The molecule has 0 amide bonds. The van der Waals surface area contributed by atoms with E-state index in [1.165, 1.54) is 263 Å². The lowest BCUT2D eigenvalue weighted by atomic mass is 10.0. The Hall–Kier alpha value is -0.790. The molecule has 0 aliphatic carbocycles. The van der Waals surface area contributed by atoms with Crippen molar-refractivity contribution in [1.82, 2.24) is 0 Å². The number of rotatable bonds is 48. The normalized spacial score (nSPS) is 11.8. The molecule has 0 fully saturated rings. The first-order valence-corrected chi connectivity index (χ1v) is 26.0. The standard InChI is InChI=1S/C53H104O2/c1-4-5-6-7-8-9-34-38-41-44-47-50-53(54)55-51-48-45-42-39-36-33-31-29-27-25-23-21-19-17-15-13-11-10-12-14-16-18-20-22-24-26-28-30-32-35-37-40-43-46-49-52(2)3/h7-8,52H,4-6,9-51H2,1-3H3. The maximum atomic E-state index is 12.0. The monoisotopic (exact) mass is 773 g/mol. The zero-order chi connectivity index (χ0) is 39.8. The van der Waals surface area contributed by atoms with Crippen LogP contribution in [0.15, 0.2) is 12.2 Å². The first-order chi connectivity index (χ1) is 27.2. The van der Waals surface area contributed by atoms with Crippen molar-refractivity contribution in [2.45, 2.75) is 310 Å². The maximum absolute atomic E-state index is 12.0. The van der Waals surface area contributed by atoms with Crippen LogP contribution in [0.4, 0.5) is 0 Å². The molecule has 2 nitrogen and oxygen atoms in total. The minimum Gasteiger partial charge on any atom is -0.466 e. The van der Waals surface area contributed by atoms with Gasteiger partial charge in [-0.15, -0.1) is 0 Å². The fourth-order valence-electron chi connectivity index (χ4n) is 8.19. The number of unbranched alkanes of at least 4 members (excludes halogenated alkanes) is 40. The molecule has 0 aromatic rings. The van der Waals surface area contributed by atoms with Gasteiger partial charge >= 0.3 is 5.97 Å². The van der Waals surface area contributed by atoms with Gasteiger partial charge in [0.25, 0.3) is 0 Å². The van der Waals surface area contributed by atoms with E-state index in [1.807, 2.05) is 0 Å². The van der Waals surface area contributed by atoms with Crippen LogP contribution < -0.4 is 0 Å². The number of hydrogen-bond donors (Lipinski definition) is 0. The van der Waals surface area contributed by atoms with Gasteiger partial charge in [-0.3, -0.25) is 4.79 Å². The third-order valence-electron chi connectivity index (χ3n) is 12.1. The van der Waals surface area contributed by atoms with Gasteiger partial charge in [0.05, 0.1) is 6.61 Å². The predicted octanol–water partition coefficient (Wildman–Crippen LogP) is 19.3. The van der Waals surface area contributed by atoms with Gasteiger partial charge in [-0.2, -0.15) is 0 Å². The molecule has 328 valence electrons. The molecule has 55 heavy (non-hydrogen) atoms. The van der Waals surface area contributed by atoms with Crippen LogP contribution in [0.1, 0.15) is 310 Å². The van der Waals surface area contributed by atoms with E-state index in [1.54, 1.807) is 0 Å². The van der Waals surface area contributed by atoms with Gasteiger partial charge < -0.3 is 4.74 Å². The van der Waals surface area contributed by atoms with E-state index in [0.29, 0.717) is 13.0 Å². The summed E-state index contributed by atoms with van der Waals surface area (Å²) in [4.78, 5) is 12.0. The van der Waals surface area contributed by atoms with Gasteiger partial charge in [0.15, 0.2) is 0 Å². The predicted molar refractivity (Wildman–Crippen MR) is 248 cm³/mol. The van der Waals surface area contributed by atoms with Crippen molar-refractivity contribution in [2.75, 3.05) is 6.61 Å². The number of hydrogen-bond acceptors (Lipinski definition) is 2. The summed E-state index contributed by atoms with van der Waals surface area (Å²) < 4.78 is 5.46. The SMILES string of the molecule is CCCCC=CCCCCCCCC(=O)OCCCCCCCCCCCCCCCCCCCCCCCCCCCCCCCCCCCCC(C)C. The van der Waals surface area contributed by atoms with E-state index >= 15 is 0 Å². The van der Waals surface area contributed by atoms with Crippen molar-refractivity contribution in [1.29, 1.82) is 0 Å². The fraction of sp³-hybridized carbons (Fsp3) is 0.943. The molecule has 0 atom stereocenters. The summed E-state index contributed by atoms with van der Waals surface area (Å²) in [5, 5.41) is 0. The van der Waals surface area contributed by atoms with Crippen molar-refractivity contribution in [3.63, 3.8) is 0 Å². The summed E-state index contributed by atoms with van der Waals surface area (Å²) in [6.45, 7) is 7.57. The van der Waals surface area contributed by atoms with E-state index in [4.69, 9.17) is 4.74 Å². The second kappa shape index (κ2) is 49.4. The van der Waals surface area contributed by atoms with Gasteiger partial charge in [-0.1, -0.05) is 283 Å². The Bertz CT molecular complexity index is 726. The van der Waals surface area contributed by atoms with E-state index in [9.17, 15) is 4.79 Å². The summed E-state index contributed by atoms with van der Waals surface area (Å²) in [6.07, 6.45) is 66.6. The van der Waals surface area contributed by atoms with Crippen molar-refractivity contribution >= 4 is 5.97 Å². The largest absolute Gasteiger partial charge is 0.466 e. The quantitative estimate of drug-likeness (QED) is 0.0350. The van der Waals surface area contributed by atoms with Crippen LogP contribution in [0, 0.1) is 5.92 Å². The highest BCUT2D eigenvalue weighted by Gasteiger charge is 2.03. The van der Waals surface area contributed by atoms with E-state index < -0.39 is 0 Å². The van der Waals surface area contributed by atoms with Crippen LogP contribution in [0.5, 0.6) is 0 Å². The average Bonchev–Trinajstić information content (AvgIpc) is 3.18. The van der Waals surface area contributed by atoms with E-state index in [-0.39, 0.29) is 5.97 Å². The topological polar surface area (TPSA) is 26.3 Å². The highest BCUT2D eigenvalue weighted by atomic mass is 16.5. The molecular weight excluding hydrogens is 669 g/mol. The van der Waals surface area contributed by atoms with Crippen molar-refractivity contribution in [3.8, 4) is 0 Å². The van der Waals surface area contributed by atoms with Gasteiger partial charge in [0.2, 0.25) is 0 Å². The Morgan fingerprint density at radius 3 is 0.964 bits per heavy atom. The zero-order valence-corrected chi connectivity index (χ0v) is 38.6. The van der Waals surface area contributed by atoms with Crippen LogP contribution >= 0.6 is 0 Å². The lowest BCUT2D eigenvalue weighted by Crippen LogP contribution is -2.05. The zero-order valence-electron chi connectivity index (χ0n) is 38.6. The van der Waals surface area contributed by atoms with Gasteiger partial charge in [0, 0.05) is 6.42 Å². The molecule has 0 aromatic carbocycles. The first-order valence-electron chi connectivity index (χ1n) is 26.0. The summed E-state index contributed by atoms with van der Waals surface area (Å²) in [5.74, 6) is 0.909. The van der Waals surface area contributed by atoms with Crippen LogP contribution in [-0.2, 0) is 9.53 Å². The molecule has 0 rings (SSSR count). The number of carbonyl (C=O) groups excluding carboxylic acids is 1. The fourth-order valence-corrected chi connectivity index (χ4v) is 8.19. The molecule has 0 aliphatic heterocycles. The smallest absolute Gasteiger partial charge is 0.305 e. The van der Waals surface area contributed by atoms with E-state index in [0.717, 1.165) is 25.2 Å². The minimum atomic E-state index is 0.0186. The van der Waals surface area contributed by atoms with Crippen molar-refractivity contribution < 1.29 is 9.53 Å². The number of ether oxygens (including phenoxy) is 1. The Kier molecular flexibility index (Phi) is 48.6. The summed E-state index contributed by atoms with van der Waals surface area (Å²) >= 11 is 0. The maximum Gasteiger partial charge on any atom is 0.305 e. The molecule has 0 N–H and O–H groups in total. The molecule has 0 aliphatic rings. The lowest BCUT2D eigenvalue weighted by molar-refractivity contribution is -0.143. The average molecular weight is 773 g/mol. The minimum absolute atomic E-state index is 0.0186. The van der Waals surface area contributed by atoms with Crippen LogP contribution in [0.3, 0.4) is 0 Å². The Balaban J connectivity index is 3.13. The Morgan fingerprint density at radius 2 is 0.636 bits per heavy atom. The lowest BCUT2D eigenvalue weighted by Gasteiger charge is -2.06. The highest BCUT2D eigenvalue weighted by molar-refractivity contribution is 5.69. The highest BCUT2D eigenvalue weighted by Crippen LogP contribution is 2.18. The van der Waals surface area contributed by atoms with Gasteiger partial charge in [-0.05, 0) is 38.0 Å². The molecule has 0 radical (unpaired) electrons. The molecule has 0 spiro atoms. The third kappa shape index (κ3) is 51.2. The van der Waals surface area contributed by atoms with Crippen LogP contribution in [-0.4, -0.2) is 12.6 Å². The first kappa shape index (κ1) is 54.2.